The molecule has 11 nitrogen and oxygen atoms in total. The lowest BCUT2D eigenvalue weighted by atomic mass is 10.0. The van der Waals surface area contributed by atoms with E-state index in [1.807, 2.05) is 62.4 Å². The molecule has 1 amide bonds. The summed E-state index contributed by atoms with van der Waals surface area (Å²) in [5, 5.41) is 19.0. The number of carboxylic acids is 1. The van der Waals surface area contributed by atoms with Crippen molar-refractivity contribution in [3.05, 3.63) is 48.5 Å². The van der Waals surface area contributed by atoms with Gasteiger partial charge in [-0.15, -0.1) is 0 Å². The first-order valence-electron chi connectivity index (χ1n) is 13.2. The van der Waals surface area contributed by atoms with Crippen molar-refractivity contribution in [3.63, 3.8) is 0 Å². The molecular formula is C28H37F3N6O5. The average molecular weight is 595 g/mol. The number of nitrogens with one attached hydrogen (secondary N) is 3. The number of hydrogen-bond donors (Lipinski definition) is 6. The fraction of sp³-hybridized carbons (Fsp3) is 0.429. The van der Waals surface area contributed by atoms with E-state index in [2.05, 4.69) is 39.1 Å². The number of ether oxygens (including phenoxy) is 1. The number of alkyl halides is 3. The second kappa shape index (κ2) is 15.7. The number of carbonyl (C=O) groups excluding carboxylic acids is 1. The van der Waals surface area contributed by atoms with Crippen LogP contribution in [0.1, 0.15) is 40.5 Å². The van der Waals surface area contributed by atoms with E-state index in [1.54, 1.807) is 0 Å². The number of aliphatic carboxylic acids is 1. The van der Waals surface area contributed by atoms with Crippen molar-refractivity contribution in [3.8, 4) is 12.0 Å². The Morgan fingerprint density at radius 2 is 1.33 bits per heavy atom. The molecule has 2 heterocycles. The molecule has 2 aromatic heterocycles. The van der Waals surface area contributed by atoms with Crippen LogP contribution in [0.2, 0.25) is 0 Å². The predicted octanol–water partition coefficient (Wildman–Crippen LogP) is 4.75. The standard InChI is InChI=1S/C14H10N4O.C12H26N2O2.C2HF3O2/c1-2-6-10-9(5-1)15-13(16-10)19-14-17-11-7-3-4-8-12(11)18-14;1-8(2)5-10(7-15)14-12(16)11(13)6-9(3)4;3-2(4,5)1(6)7/h1-8H,(H,15,16)(H,17,18);8-11,15H,5-7,13H2,1-4H3,(H,14,16);(H,6,7)/t;10-,11+;/m.1./s1. The lowest BCUT2D eigenvalue weighted by molar-refractivity contribution is -0.192. The van der Waals surface area contributed by atoms with Crippen LogP contribution in [0.15, 0.2) is 48.5 Å². The van der Waals surface area contributed by atoms with E-state index in [0.29, 0.717) is 30.3 Å². The minimum absolute atomic E-state index is 0.0294. The number of aliphatic hydroxyl groups is 1. The number of amides is 1. The monoisotopic (exact) mass is 594 g/mol. The van der Waals surface area contributed by atoms with Crippen LogP contribution in [0.3, 0.4) is 0 Å². The Morgan fingerprint density at radius 1 is 0.905 bits per heavy atom. The van der Waals surface area contributed by atoms with Crippen molar-refractivity contribution in [2.75, 3.05) is 6.61 Å². The molecule has 2 atom stereocenters. The number of fused-ring (bicyclic) bond motifs is 2. The number of benzene rings is 2. The minimum Gasteiger partial charge on any atom is -0.475 e. The molecule has 0 unspecified atom stereocenters. The van der Waals surface area contributed by atoms with Crippen LogP contribution in [0.5, 0.6) is 12.0 Å². The molecular weight excluding hydrogens is 557 g/mol. The van der Waals surface area contributed by atoms with Gasteiger partial charge in [0.15, 0.2) is 0 Å². The highest BCUT2D eigenvalue weighted by molar-refractivity contribution is 5.81. The summed E-state index contributed by atoms with van der Waals surface area (Å²) in [6.07, 6.45) is -3.64. The van der Waals surface area contributed by atoms with Crippen LogP contribution in [0, 0.1) is 11.8 Å². The van der Waals surface area contributed by atoms with Crippen LogP contribution in [-0.4, -0.2) is 66.9 Å². The van der Waals surface area contributed by atoms with Gasteiger partial charge in [0.1, 0.15) is 0 Å². The highest BCUT2D eigenvalue weighted by atomic mass is 19.4. The number of carboxylic acid groups (broad SMARTS) is 1. The fourth-order valence-corrected chi connectivity index (χ4v) is 3.72. The number of carbonyl (C=O) groups is 2. The van der Waals surface area contributed by atoms with Gasteiger partial charge in [0, 0.05) is 0 Å². The molecule has 4 aromatic rings. The lowest BCUT2D eigenvalue weighted by Crippen LogP contribution is -2.47. The molecule has 230 valence electrons. The van der Waals surface area contributed by atoms with E-state index in [1.165, 1.54) is 0 Å². The van der Waals surface area contributed by atoms with Gasteiger partial charge in [-0.05, 0) is 48.9 Å². The van der Waals surface area contributed by atoms with Gasteiger partial charge in [0.25, 0.3) is 0 Å². The molecule has 0 bridgehead atoms. The Balaban J connectivity index is 0.000000244. The largest absolute Gasteiger partial charge is 0.490 e. The molecule has 0 aliphatic heterocycles. The van der Waals surface area contributed by atoms with E-state index >= 15 is 0 Å². The van der Waals surface area contributed by atoms with Gasteiger partial charge in [0.2, 0.25) is 5.91 Å². The normalized spacial score (nSPS) is 12.7. The van der Waals surface area contributed by atoms with Crippen molar-refractivity contribution in [2.45, 2.75) is 58.8 Å². The lowest BCUT2D eigenvalue weighted by Gasteiger charge is -2.21. The Labute approximate surface area is 240 Å². The summed E-state index contributed by atoms with van der Waals surface area (Å²) in [6, 6.07) is 15.8. The van der Waals surface area contributed by atoms with Gasteiger partial charge in [-0.3, -0.25) is 4.79 Å². The fourth-order valence-electron chi connectivity index (χ4n) is 3.72. The summed E-state index contributed by atoms with van der Waals surface area (Å²) in [7, 11) is 0. The molecule has 0 fully saturated rings. The SMILES string of the molecule is CC(C)C[C@H](CO)NC(=O)[C@@H](N)CC(C)C.O=C(O)C(F)(F)F.c1ccc2[nH]c(Oc3nc4ccccc4[nH]3)nc2c1. The van der Waals surface area contributed by atoms with Crippen LogP contribution in [0.25, 0.3) is 22.1 Å². The molecule has 0 saturated carbocycles. The van der Waals surface area contributed by atoms with Crippen LogP contribution in [-0.2, 0) is 9.59 Å². The molecule has 14 heteroatoms. The Hall–Kier alpha value is -4.17. The summed E-state index contributed by atoms with van der Waals surface area (Å²) in [5.41, 5.74) is 9.37. The number of aliphatic hydroxyl groups excluding tert-OH is 1. The minimum atomic E-state index is -5.08. The van der Waals surface area contributed by atoms with Gasteiger partial charge in [-0.25, -0.2) is 4.79 Å². The number of imidazole rings is 2. The molecule has 0 spiro atoms. The third kappa shape index (κ3) is 11.4. The molecule has 4 rings (SSSR count). The number of rotatable bonds is 9. The first-order chi connectivity index (χ1) is 19.7. The number of hydrogen-bond acceptors (Lipinski definition) is 7. The maximum absolute atomic E-state index is 11.7. The Morgan fingerprint density at radius 3 is 1.69 bits per heavy atom. The Kier molecular flexibility index (Phi) is 12.7. The number of halogens is 3. The van der Waals surface area contributed by atoms with Crippen molar-refractivity contribution < 1.29 is 37.7 Å². The topological polar surface area (TPSA) is 179 Å². The van der Waals surface area contributed by atoms with Crippen LogP contribution < -0.4 is 15.8 Å². The third-order valence-corrected chi connectivity index (χ3v) is 5.56. The second-order valence-electron chi connectivity index (χ2n) is 10.3. The zero-order valence-corrected chi connectivity index (χ0v) is 23.8. The van der Waals surface area contributed by atoms with Gasteiger partial charge in [-0.1, -0.05) is 52.0 Å². The molecule has 0 aliphatic carbocycles. The number of aromatic amines is 2. The summed E-state index contributed by atoms with van der Waals surface area (Å²) in [6.45, 7) is 8.15. The van der Waals surface area contributed by atoms with Gasteiger partial charge >= 0.3 is 24.2 Å². The number of nitrogens with two attached hydrogens (primary N) is 1. The van der Waals surface area contributed by atoms with Gasteiger partial charge < -0.3 is 36.0 Å². The maximum atomic E-state index is 11.7. The van der Waals surface area contributed by atoms with E-state index in [4.69, 9.17) is 25.5 Å². The Bertz CT molecular complexity index is 1280. The second-order valence-corrected chi connectivity index (χ2v) is 10.3. The van der Waals surface area contributed by atoms with Crippen molar-refractivity contribution >= 4 is 33.9 Å². The highest BCUT2D eigenvalue weighted by Crippen LogP contribution is 2.22. The zero-order chi connectivity index (χ0) is 31.4. The first kappa shape index (κ1) is 34.0. The van der Waals surface area contributed by atoms with Crippen LogP contribution in [0.4, 0.5) is 13.2 Å². The van der Waals surface area contributed by atoms with Crippen molar-refractivity contribution in [1.29, 1.82) is 0 Å². The molecule has 42 heavy (non-hydrogen) atoms. The highest BCUT2D eigenvalue weighted by Gasteiger charge is 2.38. The molecule has 0 radical (unpaired) electrons. The molecule has 0 aliphatic rings. The number of H-pyrrole nitrogens is 2. The number of para-hydroxylation sites is 4. The summed E-state index contributed by atoms with van der Waals surface area (Å²) >= 11 is 0. The van der Waals surface area contributed by atoms with E-state index < -0.39 is 18.2 Å². The van der Waals surface area contributed by atoms with E-state index in [9.17, 15) is 18.0 Å². The quantitative estimate of drug-likeness (QED) is 0.161. The number of aromatic nitrogens is 4. The molecule has 0 saturated heterocycles. The van der Waals surface area contributed by atoms with Crippen molar-refractivity contribution in [2.24, 2.45) is 17.6 Å². The van der Waals surface area contributed by atoms with E-state index in [-0.39, 0.29) is 18.6 Å². The molecule has 2 aromatic carbocycles. The third-order valence-electron chi connectivity index (χ3n) is 5.56. The first-order valence-corrected chi connectivity index (χ1v) is 13.2. The number of nitrogens with zero attached hydrogens (tertiary/aromatic N) is 2. The van der Waals surface area contributed by atoms with Gasteiger partial charge in [-0.2, -0.15) is 23.1 Å². The smallest absolute Gasteiger partial charge is 0.475 e. The molecule has 7 N–H and O–H groups in total. The predicted molar refractivity (Wildman–Crippen MR) is 152 cm³/mol. The summed E-state index contributed by atoms with van der Waals surface area (Å²) < 4.78 is 37.4. The van der Waals surface area contributed by atoms with Gasteiger partial charge in [0.05, 0.1) is 40.8 Å². The average Bonchev–Trinajstić information content (AvgIpc) is 3.50. The van der Waals surface area contributed by atoms with Crippen molar-refractivity contribution in [1.82, 2.24) is 25.3 Å². The zero-order valence-electron chi connectivity index (χ0n) is 23.8. The maximum Gasteiger partial charge on any atom is 0.490 e. The van der Waals surface area contributed by atoms with Crippen LogP contribution >= 0.6 is 0 Å². The summed E-state index contributed by atoms with van der Waals surface area (Å²) in [5.74, 6) is -2.07. The summed E-state index contributed by atoms with van der Waals surface area (Å²) in [4.78, 5) is 35.4. The van der Waals surface area contributed by atoms with E-state index in [0.717, 1.165) is 28.5 Å².